The summed E-state index contributed by atoms with van der Waals surface area (Å²) in [5.41, 5.74) is -1.51. The summed E-state index contributed by atoms with van der Waals surface area (Å²) in [5.74, 6) is -1.46. The van der Waals surface area contributed by atoms with Gasteiger partial charge in [-0.2, -0.15) is 0 Å². The topological polar surface area (TPSA) is 86.7 Å². The van der Waals surface area contributed by atoms with Gasteiger partial charge in [0.15, 0.2) is 0 Å². The second kappa shape index (κ2) is 5.31. The molecule has 2 aliphatic rings. The van der Waals surface area contributed by atoms with E-state index in [9.17, 15) is 14.4 Å². The standard InChI is InChI=1S/C15H24N2O4/c1-14(2,3)12(19)17-8-4-5-10(9-17)11(18)16-15(6-7-15)13(20)21/h10H,4-9H2,1-3H3,(H,16,18)(H,20,21). The van der Waals surface area contributed by atoms with Gasteiger partial charge in [0.2, 0.25) is 11.8 Å². The maximum atomic E-state index is 12.3. The van der Waals surface area contributed by atoms with E-state index in [1.165, 1.54) is 0 Å². The van der Waals surface area contributed by atoms with Crippen LogP contribution in [0.3, 0.4) is 0 Å². The van der Waals surface area contributed by atoms with E-state index in [1.807, 2.05) is 20.8 Å². The molecular weight excluding hydrogens is 272 g/mol. The Balaban J connectivity index is 1.96. The zero-order valence-electron chi connectivity index (χ0n) is 12.9. The van der Waals surface area contributed by atoms with Crippen molar-refractivity contribution >= 4 is 17.8 Å². The molecule has 1 aliphatic carbocycles. The normalized spacial score (nSPS) is 24.3. The van der Waals surface area contributed by atoms with E-state index in [4.69, 9.17) is 5.11 Å². The minimum absolute atomic E-state index is 0.0411. The monoisotopic (exact) mass is 296 g/mol. The molecule has 1 saturated carbocycles. The van der Waals surface area contributed by atoms with Crippen LogP contribution >= 0.6 is 0 Å². The molecule has 0 bridgehead atoms. The quantitative estimate of drug-likeness (QED) is 0.813. The Hall–Kier alpha value is -1.59. The predicted octanol–water partition coefficient (Wildman–Crippen LogP) is 1.00. The van der Waals surface area contributed by atoms with Crippen LogP contribution in [0, 0.1) is 11.3 Å². The molecule has 118 valence electrons. The first-order valence-corrected chi connectivity index (χ1v) is 7.50. The molecule has 0 aromatic carbocycles. The van der Waals surface area contributed by atoms with E-state index >= 15 is 0 Å². The average molecular weight is 296 g/mol. The van der Waals surface area contributed by atoms with Gasteiger partial charge in [0.25, 0.3) is 0 Å². The zero-order valence-corrected chi connectivity index (χ0v) is 12.9. The third kappa shape index (κ3) is 3.36. The van der Waals surface area contributed by atoms with Gasteiger partial charge in [0.05, 0.1) is 5.92 Å². The number of carboxylic acid groups (broad SMARTS) is 1. The van der Waals surface area contributed by atoms with Crippen LogP contribution in [0.2, 0.25) is 0 Å². The Morgan fingerprint density at radius 2 is 1.86 bits per heavy atom. The minimum Gasteiger partial charge on any atom is -0.480 e. The van der Waals surface area contributed by atoms with E-state index in [0.717, 1.165) is 6.42 Å². The van der Waals surface area contributed by atoms with Crippen molar-refractivity contribution in [3.63, 3.8) is 0 Å². The maximum Gasteiger partial charge on any atom is 0.329 e. The summed E-state index contributed by atoms with van der Waals surface area (Å²) < 4.78 is 0. The number of likely N-dealkylation sites (tertiary alicyclic amines) is 1. The van der Waals surface area contributed by atoms with Gasteiger partial charge in [0, 0.05) is 18.5 Å². The van der Waals surface area contributed by atoms with Crippen molar-refractivity contribution in [2.75, 3.05) is 13.1 Å². The van der Waals surface area contributed by atoms with Crippen molar-refractivity contribution in [1.82, 2.24) is 10.2 Å². The molecule has 6 nitrogen and oxygen atoms in total. The van der Waals surface area contributed by atoms with Crippen molar-refractivity contribution in [2.24, 2.45) is 11.3 Å². The van der Waals surface area contributed by atoms with Gasteiger partial charge in [-0.05, 0) is 25.7 Å². The van der Waals surface area contributed by atoms with Crippen LogP contribution < -0.4 is 5.32 Å². The van der Waals surface area contributed by atoms with E-state index in [-0.39, 0.29) is 17.7 Å². The maximum absolute atomic E-state index is 12.3. The second-order valence-corrected chi connectivity index (χ2v) is 7.22. The van der Waals surface area contributed by atoms with Crippen LogP contribution in [-0.4, -0.2) is 46.4 Å². The lowest BCUT2D eigenvalue weighted by Gasteiger charge is -2.36. The van der Waals surface area contributed by atoms with Crippen molar-refractivity contribution in [1.29, 1.82) is 0 Å². The Kier molecular flexibility index (Phi) is 4.00. The molecule has 2 fully saturated rings. The van der Waals surface area contributed by atoms with Crippen LogP contribution in [0.1, 0.15) is 46.5 Å². The molecule has 1 heterocycles. The molecule has 21 heavy (non-hydrogen) atoms. The molecule has 0 aromatic rings. The number of amides is 2. The number of rotatable bonds is 3. The van der Waals surface area contributed by atoms with Gasteiger partial charge in [0.1, 0.15) is 5.54 Å². The van der Waals surface area contributed by atoms with Gasteiger partial charge in [-0.25, -0.2) is 4.79 Å². The highest BCUT2D eigenvalue weighted by molar-refractivity contribution is 5.91. The number of aliphatic carboxylic acids is 1. The Morgan fingerprint density at radius 3 is 2.33 bits per heavy atom. The van der Waals surface area contributed by atoms with Gasteiger partial charge >= 0.3 is 5.97 Å². The molecular formula is C15H24N2O4. The molecule has 1 aliphatic heterocycles. The van der Waals surface area contributed by atoms with Crippen molar-refractivity contribution < 1.29 is 19.5 Å². The second-order valence-electron chi connectivity index (χ2n) is 7.22. The van der Waals surface area contributed by atoms with Crippen LogP contribution in [0.15, 0.2) is 0 Å². The summed E-state index contributed by atoms with van der Waals surface area (Å²) in [5, 5.41) is 11.8. The molecule has 2 amide bonds. The Labute approximate surface area is 124 Å². The Bertz CT molecular complexity index is 463. The first kappa shape index (κ1) is 15.8. The summed E-state index contributed by atoms with van der Waals surface area (Å²) in [6, 6.07) is 0. The molecule has 2 N–H and O–H groups in total. The van der Waals surface area contributed by atoms with Crippen LogP contribution in [0.5, 0.6) is 0 Å². The number of carbonyl (C=O) groups excluding carboxylic acids is 2. The summed E-state index contributed by atoms with van der Waals surface area (Å²) in [7, 11) is 0. The number of carboxylic acids is 1. The molecule has 0 radical (unpaired) electrons. The highest BCUT2D eigenvalue weighted by Gasteiger charge is 2.52. The summed E-state index contributed by atoms with van der Waals surface area (Å²) in [4.78, 5) is 37.4. The van der Waals surface area contributed by atoms with Crippen molar-refractivity contribution in [2.45, 2.75) is 52.0 Å². The van der Waals surface area contributed by atoms with Crippen molar-refractivity contribution in [3.05, 3.63) is 0 Å². The number of nitrogens with zero attached hydrogens (tertiary/aromatic N) is 1. The lowest BCUT2D eigenvalue weighted by Crippen LogP contribution is -2.52. The van der Waals surface area contributed by atoms with Gasteiger partial charge in [-0.15, -0.1) is 0 Å². The first-order chi connectivity index (χ1) is 9.66. The van der Waals surface area contributed by atoms with Crippen LogP contribution in [0.4, 0.5) is 0 Å². The zero-order chi connectivity index (χ0) is 15.8. The lowest BCUT2D eigenvalue weighted by molar-refractivity contribution is -0.146. The fraction of sp³-hybridized carbons (Fsp3) is 0.800. The molecule has 2 rings (SSSR count). The van der Waals surface area contributed by atoms with E-state index in [0.29, 0.717) is 32.4 Å². The molecule has 0 spiro atoms. The third-order valence-electron chi connectivity index (χ3n) is 4.24. The molecule has 1 atom stereocenters. The van der Waals surface area contributed by atoms with Crippen molar-refractivity contribution in [3.8, 4) is 0 Å². The SMILES string of the molecule is CC(C)(C)C(=O)N1CCCC(C(=O)NC2(C(=O)O)CC2)C1. The number of piperidine rings is 1. The number of hydrogen-bond acceptors (Lipinski definition) is 3. The largest absolute Gasteiger partial charge is 0.480 e. The van der Waals surface area contributed by atoms with Gasteiger partial charge < -0.3 is 15.3 Å². The smallest absolute Gasteiger partial charge is 0.329 e. The Morgan fingerprint density at radius 1 is 1.24 bits per heavy atom. The third-order valence-corrected chi connectivity index (χ3v) is 4.24. The van der Waals surface area contributed by atoms with E-state index < -0.39 is 16.9 Å². The van der Waals surface area contributed by atoms with Gasteiger partial charge in [-0.3, -0.25) is 9.59 Å². The predicted molar refractivity (Wildman–Crippen MR) is 76.5 cm³/mol. The highest BCUT2D eigenvalue weighted by Crippen LogP contribution is 2.36. The number of carbonyl (C=O) groups is 3. The lowest BCUT2D eigenvalue weighted by atomic mass is 9.90. The molecule has 6 heteroatoms. The number of hydrogen-bond donors (Lipinski definition) is 2. The fourth-order valence-electron chi connectivity index (χ4n) is 2.71. The molecule has 1 saturated heterocycles. The highest BCUT2D eigenvalue weighted by atomic mass is 16.4. The molecule has 0 aromatic heterocycles. The van der Waals surface area contributed by atoms with E-state index in [2.05, 4.69) is 5.32 Å². The summed E-state index contributed by atoms with van der Waals surface area (Å²) in [6.45, 7) is 6.65. The van der Waals surface area contributed by atoms with E-state index in [1.54, 1.807) is 4.90 Å². The summed E-state index contributed by atoms with van der Waals surface area (Å²) >= 11 is 0. The van der Waals surface area contributed by atoms with Gasteiger partial charge in [-0.1, -0.05) is 20.8 Å². The first-order valence-electron chi connectivity index (χ1n) is 7.50. The van der Waals surface area contributed by atoms with Crippen LogP contribution in [0.25, 0.3) is 0 Å². The number of nitrogens with one attached hydrogen (secondary N) is 1. The fourth-order valence-corrected chi connectivity index (χ4v) is 2.71. The summed E-state index contributed by atoms with van der Waals surface area (Å²) in [6.07, 6.45) is 2.46. The average Bonchev–Trinajstić information content (AvgIpc) is 3.18. The minimum atomic E-state index is -1.05. The van der Waals surface area contributed by atoms with Crippen LogP contribution in [-0.2, 0) is 14.4 Å². The molecule has 1 unspecified atom stereocenters.